The fourth-order valence-electron chi connectivity index (χ4n) is 3.68. The Balaban J connectivity index is 1.59. The third-order valence-electron chi connectivity index (χ3n) is 5.15. The summed E-state index contributed by atoms with van der Waals surface area (Å²) in [7, 11) is 0. The highest BCUT2D eigenvalue weighted by molar-refractivity contribution is 6.05. The molecule has 1 amide bonds. The van der Waals surface area contributed by atoms with Crippen molar-refractivity contribution in [2.45, 2.75) is 19.8 Å². The van der Waals surface area contributed by atoms with Crippen LogP contribution in [-0.4, -0.2) is 42.0 Å². The minimum atomic E-state index is -0.310. The number of aromatic nitrogens is 2. The van der Waals surface area contributed by atoms with E-state index in [1.165, 1.54) is 12.1 Å². The van der Waals surface area contributed by atoms with Crippen molar-refractivity contribution in [1.29, 1.82) is 0 Å². The Morgan fingerprint density at radius 2 is 1.83 bits per heavy atom. The summed E-state index contributed by atoms with van der Waals surface area (Å²) >= 11 is 0. The third-order valence-corrected chi connectivity index (χ3v) is 5.15. The van der Waals surface area contributed by atoms with E-state index in [0.29, 0.717) is 24.5 Å². The third kappa shape index (κ3) is 4.21. The maximum absolute atomic E-state index is 13.3. The van der Waals surface area contributed by atoms with Crippen LogP contribution in [0.1, 0.15) is 35.8 Å². The van der Waals surface area contributed by atoms with Gasteiger partial charge in [-0.25, -0.2) is 9.07 Å². The molecule has 1 saturated heterocycles. The minimum Gasteiger partial charge on any atom is -0.378 e. The highest BCUT2D eigenvalue weighted by atomic mass is 19.1. The van der Waals surface area contributed by atoms with E-state index >= 15 is 0 Å². The molecule has 2 heterocycles. The summed E-state index contributed by atoms with van der Waals surface area (Å²) in [5, 5.41) is 7.40. The summed E-state index contributed by atoms with van der Waals surface area (Å²) in [6, 6.07) is 13.9. The molecule has 30 heavy (non-hydrogen) atoms. The molecule has 1 aliphatic heterocycles. The highest BCUT2D eigenvalue weighted by Gasteiger charge is 2.21. The van der Waals surface area contributed by atoms with Crippen molar-refractivity contribution in [3.63, 3.8) is 0 Å². The van der Waals surface area contributed by atoms with Crippen LogP contribution in [0.4, 0.5) is 15.8 Å². The van der Waals surface area contributed by atoms with Crippen molar-refractivity contribution >= 4 is 17.3 Å². The second-order valence-corrected chi connectivity index (χ2v) is 7.59. The molecule has 0 spiro atoms. The van der Waals surface area contributed by atoms with Crippen LogP contribution in [0.25, 0.3) is 5.69 Å². The predicted octanol–water partition coefficient (Wildman–Crippen LogP) is 4.22. The van der Waals surface area contributed by atoms with Gasteiger partial charge in [-0.15, -0.1) is 0 Å². The molecule has 156 valence electrons. The molecule has 2 aromatic carbocycles. The molecule has 4 rings (SSSR count). The molecule has 7 heteroatoms. The van der Waals surface area contributed by atoms with E-state index in [2.05, 4.69) is 15.3 Å². The molecule has 1 fully saturated rings. The largest absolute Gasteiger partial charge is 0.378 e. The van der Waals surface area contributed by atoms with Crippen molar-refractivity contribution in [2.75, 3.05) is 36.5 Å². The van der Waals surface area contributed by atoms with Gasteiger partial charge in [-0.2, -0.15) is 5.10 Å². The SMILES string of the molecule is CC(C)c1c(C(=O)Nc2cccc(N3CCOCC3)c2)cnn1-c1ccc(F)cc1. The zero-order valence-electron chi connectivity index (χ0n) is 17.1. The second-order valence-electron chi connectivity index (χ2n) is 7.59. The number of carbonyl (C=O) groups is 1. The first-order valence-electron chi connectivity index (χ1n) is 10.1. The Labute approximate surface area is 175 Å². The van der Waals surface area contributed by atoms with Crippen LogP contribution in [0, 0.1) is 5.82 Å². The van der Waals surface area contributed by atoms with E-state index < -0.39 is 0 Å². The number of halogens is 1. The maximum Gasteiger partial charge on any atom is 0.259 e. The van der Waals surface area contributed by atoms with Crippen LogP contribution in [0.3, 0.4) is 0 Å². The van der Waals surface area contributed by atoms with Gasteiger partial charge in [0.15, 0.2) is 0 Å². The first-order valence-corrected chi connectivity index (χ1v) is 10.1. The Morgan fingerprint density at radius 1 is 1.10 bits per heavy atom. The van der Waals surface area contributed by atoms with Crippen LogP contribution in [-0.2, 0) is 4.74 Å². The smallest absolute Gasteiger partial charge is 0.259 e. The summed E-state index contributed by atoms with van der Waals surface area (Å²) in [5.74, 6) is -0.473. The lowest BCUT2D eigenvalue weighted by atomic mass is 10.0. The summed E-state index contributed by atoms with van der Waals surface area (Å²) in [4.78, 5) is 15.3. The number of rotatable bonds is 5. The topological polar surface area (TPSA) is 59.4 Å². The number of nitrogens with one attached hydrogen (secondary N) is 1. The van der Waals surface area contributed by atoms with Crippen molar-refractivity contribution in [1.82, 2.24) is 9.78 Å². The van der Waals surface area contributed by atoms with Gasteiger partial charge in [0.1, 0.15) is 5.82 Å². The van der Waals surface area contributed by atoms with Crippen LogP contribution >= 0.6 is 0 Å². The maximum atomic E-state index is 13.3. The summed E-state index contributed by atoms with van der Waals surface area (Å²) in [5.41, 5.74) is 3.79. The van der Waals surface area contributed by atoms with Gasteiger partial charge < -0.3 is 15.0 Å². The molecule has 0 saturated carbocycles. The second kappa shape index (κ2) is 8.67. The minimum absolute atomic E-state index is 0.0537. The molecule has 0 atom stereocenters. The van der Waals surface area contributed by atoms with Gasteiger partial charge in [-0.3, -0.25) is 4.79 Å². The summed E-state index contributed by atoms with van der Waals surface area (Å²) in [6.45, 7) is 7.09. The van der Waals surface area contributed by atoms with Crippen molar-refractivity contribution < 1.29 is 13.9 Å². The van der Waals surface area contributed by atoms with Crippen LogP contribution in [0.15, 0.2) is 54.7 Å². The average molecular weight is 408 g/mol. The van der Waals surface area contributed by atoms with E-state index in [-0.39, 0.29) is 17.6 Å². The predicted molar refractivity (Wildman–Crippen MR) is 115 cm³/mol. The first-order chi connectivity index (χ1) is 14.5. The highest BCUT2D eigenvalue weighted by Crippen LogP contribution is 2.25. The standard InChI is InChI=1S/C23H25FN4O2/c1-16(2)22-21(15-25-28(22)19-8-6-17(24)7-9-19)23(29)26-18-4-3-5-20(14-18)27-10-12-30-13-11-27/h3-9,14-16H,10-13H2,1-2H3,(H,26,29). The molecule has 1 aliphatic rings. The van der Waals surface area contributed by atoms with Crippen LogP contribution < -0.4 is 10.2 Å². The van der Waals surface area contributed by atoms with E-state index in [1.807, 2.05) is 38.1 Å². The Morgan fingerprint density at radius 3 is 2.53 bits per heavy atom. The quantitative estimate of drug-likeness (QED) is 0.687. The van der Waals surface area contributed by atoms with E-state index in [4.69, 9.17) is 4.74 Å². The molecule has 0 radical (unpaired) electrons. The van der Waals surface area contributed by atoms with Crippen LogP contribution in [0.2, 0.25) is 0 Å². The van der Waals surface area contributed by atoms with Gasteiger partial charge in [0.2, 0.25) is 0 Å². The molecule has 3 aromatic rings. The average Bonchev–Trinajstić information content (AvgIpc) is 3.21. The number of ether oxygens (including phenoxy) is 1. The number of benzene rings is 2. The van der Waals surface area contributed by atoms with E-state index in [0.717, 1.165) is 30.2 Å². The number of amides is 1. The number of anilines is 2. The van der Waals surface area contributed by atoms with Gasteiger partial charge in [0.05, 0.1) is 36.4 Å². The molecular formula is C23H25FN4O2. The van der Waals surface area contributed by atoms with Gasteiger partial charge in [-0.1, -0.05) is 19.9 Å². The van der Waals surface area contributed by atoms with Crippen LogP contribution in [0.5, 0.6) is 0 Å². The molecule has 0 aliphatic carbocycles. The van der Waals surface area contributed by atoms with E-state index in [9.17, 15) is 9.18 Å². The Bertz CT molecular complexity index is 1020. The lowest BCUT2D eigenvalue weighted by Crippen LogP contribution is -2.36. The number of hydrogen-bond acceptors (Lipinski definition) is 4. The molecule has 0 bridgehead atoms. The fraction of sp³-hybridized carbons (Fsp3) is 0.304. The fourth-order valence-corrected chi connectivity index (χ4v) is 3.68. The molecule has 6 nitrogen and oxygen atoms in total. The number of carbonyl (C=O) groups excluding carboxylic acids is 1. The number of morpholine rings is 1. The van der Waals surface area contributed by atoms with Crippen molar-refractivity contribution in [3.05, 3.63) is 71.8 Å². The lowest BCUT2D eigenvalue weighted by Gasteiger charge is -2.29. The van der Waals surface area contributed by atoms with Gasteiger partial charge in [0.25, 0.3) is 5.91 Å². The molecule has 0 unspecified atom stereocenters. The van der Waals surface area contributed by atoms with E-state index in [1.54, 1.807) is 23.0 Å². The zero-order valence-corrected chi connectivity index (χ0v) is 17.1. The molecule has 1 aromatic heterocycles. The van der Waals surface area contributed by atoms with Gasteiger partial charge in [0, 0.05) is 24.5 Å². The molecule has 1 N–H and O–H groups in total. The Kier molecular flexibility index (Phi) is 5.81. The molecular weight excluding hydrogens is 383 g/mol. The number of nitrogens with zero attached hydrogens (tertiary/aromatic N) is 3. The van der Waals surface area contributed by atoms with Crippen molar-refractivity contribution in [2.24, 2.45) is 0 Å². The monoisotopic (exact) mass is 408 g/mol. The number of hydrogen-bond donors (Lipinski definition) is 1. The first kappa shape index (κ1) is 20.1. The normalized spacial score (nSPS) is 14.2. The Hall–Kier alpha value is -3.19. The summed E-state index contributed by atoms with van der Waals surface area (Å²) in [6.07, 6.45) is 1.57. The van der Waals surface area contributed by atoms with Crippen molar-refractivity contribution in [3.8, 4) is 5.69 Å². The lowest BCUT2D eigenvalue weighted by molar-refractivity contribution is 0.102. The van der Waals surface area contributed by atoms with Gasteiger partial charge >= 0.3 is 0 Å². The zero-order chi connectivity index (χ0) is 21.1. The van der Waals surface area contributed by atoms with Gasteiger partial charge in [-0.05, 0) is 48.4 Å². The summed E-state index contributed by atoms with van der Waals surface area (Å²) < 4.78 is 20.4.